The number of ether oxygens (including phenoxy) is 1. The van der Waals surface area contributed by atoms with Gasteiger partial charge in [-0.25, -0.2) is 4.79 Å². The van der Waals surface area contributed by atoms with Crippen LogP contribution in [0, 0.1) is 5.92 Å². The number of hydrogen-bond donors (Lipinski definition) is 4. The second-order valence-electron chi connectivity index (χ2n) is 13.7. The Balaban J connectivity index is 1.86. The molecule has 1 aliphatic rings. The van der Waals surface area contributed by atoms with E-state index in [9.17, 15) is 24.3 Å². The molecule has 3 rings (SSSR count). The molecule has 2 aromatic rings. The third-order valence-electron chi connectivity index (χ3n) is 7.67. The van der Waals surface area contributed by atoms with E-state index in [0.29, 0.717) is 0 Å². The molecule has 4 N–H and O–H groups in total. The standard InChI is InChI=1S/C34H48N4O6S/c1-22(2)25(35-31(43)44-20-24-17-13-10-14-18-24)28(40)37-34(8,19-23-15-11-9-12-16-23)27(39)30(42)38-21-45-33(6,7)26(38)29(41)36-32(3,4)5/h9-18,22,25-27,39H,19-21H2,1-8H3,(H,35,43)(H,36,41)(H,37,40)/t25?,26-,27-,34?/m1/s1. The Bertz CT molecular complexity index is 1330. The SMILES string of the molecule is CC(C)C(NC(=O)OCc1ccccc1)C(=O)NC(C)(Cc1ccccc1)[C@H](O)C(=O)N1CSC(C)(C)[C@H]1C(=O)NC(C)(C)C. The molecule has 4 atom stereocenters. The number of amides is 4. The molecule has 0 spiro atoms. The summed E-state index contributed by atoms with van der Waals surface area (Å²) in [6.45, 7) is 14.6. The van der Waals surface area contributed by atoms with Crippen molar-refractivity contribution >= 4 is 35.6 Å². The molecule has 10 nitrogen and oxygen atoms in total. The first-order valence-corrected chi connectivity index (χ1v) is 16.2. The minimum Gasteiger partial charge on any atom is -0.445 e. The highest BCUT2D eigenvalue weighted by Crippen LogP contribution is 2.40. The lowest BCUT2D eigenvalue weighted by Crippen LogP contribution is -2.66. The number of nitrogens with zero attached hydrogens (tertiary/aromatic N) is 1. The Morgan fingerprint density at radius 1 is 0.956 bits per heavy atom. The Morgan fingerprint density at radius 3 is 2.04 bits per heavy atom. The number of carbonyl (C=O) groups excluding carboxylic acids is 4. The normalized spacial score (nSPS) is 18.8. The lowest BCUT2D eigenvalue weighted by Gasteiger charge is -2.40. The first-order chi connectivity index (χ1) is 20.9. The van der Waals surface area contributed by atoms with Crippen molar-refractivity contribution in [3.63, 3.8) is 0 Å². The van der Waals surface area contributed by atoms with Crippen molar-refractivity contribution in [3.8, 4) is 0 Å². The maximum absolute atomic E-state index is 14.1. The largest absolute Gasteiger partial charge is 0.445 e. The molecule has 1 heterocycles. The van der Waals surface area contributed by atoms with E-state index >= 15 is 0 Å². The number of nitrogens with one attached hydrogen (secondary N) is 3. The molecule has 0 saturated carbocycles. The van der Waals surface area contributed by atoms with Gasteiger partial charge in [-0.05, 0) is 65.0 Å². The van der Waals surface area contributed by atoms with Crippen LogP contribution in [0.4, 0.5) is 4.79 Å². The van der Waals surface area contributed by atoms with Crippen molar-refractivity contribution in [2.24, 2.45) is 5.92 Å². The summed E-state index contributed by atoms with van der Waals surface area (Å²) in [5.74, 6) is -1.71. The van der Waals surface area contributed by atoms with Crippen LogP contribution in [0.2, 0.25) is 0 Å². The molecule has 45 heavy (non-hydrogen) atoms. The molecule has 0 bridgehead atoms. The Kier molecular flexibility index (Phi) is 11.7. The Labute approximate surface area is 271 Å². The van der Waals surface area contributed by atoms with Crippen molar-refractivity contribution in [1.29, 1.82) is 0 Å². The number of benzene rings is 2. The van der Waals surface area contributed by atoms with Gasteiger partial charge in [0.25, 0.3) is 5.91 Å². The lowest BCUT2D eigenvalue weighted by atomic mass is 9.85. The van der Waals surface area contributed by atoms with Crippen molar-refractivity contribution in [2.45, 2.75) is 102 Å². The predicted octanol–water partition coefficient (Wildman–Crippen LogP) is 4.01. The summed E-state index contributed by atoms with van der Waals surface area (Å²) in [7, 11) is 0. The van der Waals surface area contributed by atoms with Crippen LogP contribution in [0.3, 0.4) is 0 Å². The van der Waals surface area contributed by atoms with Gasteiger partial charge < -0.3 is 30.7 Å². The van der Waals surface area contributed by atoms with E-state index in [0.717, 1.165) is 11.1 Å². The summed E-state index contributed by atoms with van der Waals surface area (Å²) >= 11 is 1.45. The highest BCUT2D eigenvalue weighted by molar-refractivity contribution is 8.00. The number of carbonyl (C=O) groups is 4. The topological polar surface area (TPSA) is 137 Å². The zero-order chi connectivity index (χ0) is 33.6. The average molecular weight is 641 g/mol. The maximum Gasteiger partial charge on any atom is 0.408 e. The monoisotopic (exact) mass is 640 g/mol. The van der Waals surface area contributed by atoms with Gasteiger partial charge in [0.05, 0.1) is 11.4 Å². The smallest absolute Gasteiger partial charge is 0.408 e. The molecule has 1 fully saturated rings. The van der Waals surface area contributed by atoms with Gasteiger partial charge in [-0.2, -0.15) is 0 Å². The summed E-state index contributed by atoms with van der Waals surface area (Å²) < 4.78 is 4.73. The van der Waals surface area contributed by atoms with Gasteiger partial charge in [-0.15, -0.1) is 11.8 Å². The van der Waals surface area contributed by atoms with Gasteiger partial charge in [0, 0.05) is 10.3 Å². The van der Waals surface area contributed by atoms with E-state index in [1.807, 2.05) is 95.3 Å². The highest BCUT2D eigenvalue weighted by Gasteiger charge is 2.52. The van der Waals surface area contributed by atoms with Crippen molar-refractivity contribution in [1.82, 2.24) is 20.9 Å². The van der Waals surface area contributed by atoms with Gasteiger partial charge in [0.2, 0.25) is 11.8 Å². The average Bonchev–Trinajstić information content (AvgIpc) is 3.28. The van der Waals surface area contributed by atoms with Crippen molar-refractivity contribution in [3.05, 3.63) is 71.8 Å². The van der Waals surface area contributed by atoms with Crippen LogP contribution in [0.5, 0.6) is 0 Å². The molecule has 2 unspecified atom stereocenters. The molecular weight excluding hydrogens is 592 g/mol. The fraction of sp³-hybridized carbons (Fsp3) is 0.529. The van der Waals surface area contributed by atoms with E-state index in [1.54, 1.807) is 20.8 Å². The highest BCUT2D eigenvalue weighted by atomic mass is 32.2. The van der Waals surface area contributed by atoms with Gasteiger partial charge in [-0.1, -0.05) is 74.5 Å². The second kappa shape index (κ2) is 14.7. The third kappa shape index (κ3) is 9.71. The molecule has 11 heteroatoms. The van der Waals surface area contributed by atoms with Crippen LogP contribution in [-0.4, -0.2) is 73.7 Å². The van der Waals surface area contributed by atoms with Crippen LogP contribution in [0.15, 0.2) is 60.7 Å². The molecule has 0 aromatic heterocycles. The fourth-order valence-electron chi connectivity index (χ4n) is 5.30. The van der Waals surface area contributed by atoms with E-state index in [4.69, 9.17) is 4.74 Å². The number of alkyl carbamates (subject to hydrolysis) is 1. The number of thioether (sulfide) groups is 1. The zero-order valence-corrected chi connectivity index (χ0v) is 28.4. The van der Waals surface area contributed by atoms with Crippen LogP contribution in [0.1, 0.15) is 66.5 Å². The molecule has 246 valence electrons. The molecule has 1 saturated heterocycles. The van der Waals surface area contributed by atoms with Crippen LogP contribution >= 0.6 is 11.8 Å². The molecule has 0 radical (unpaired) electrons. The number of hydrogen-bond acceptors (Lipinski definition) is 7. The quantitative estimate of drug-likeness (QED) is 0.291. The van der Waals surface area contributed by atoms with Crippen LogP contribution in [-0.2, 0) is 32.1 Å². The van der Waals surface area contributed by atoms with Crippen molar-refractivity contribution < 1.29 is 29.0 Å². The van der Waals surface area contributed by atoms with E-state index in [1.165, 1.54) is 16.7 Å². The molecule has 0 aliphatic carbocycles. The number of rotatable bonds is 11. The summed E-state index contributed by atoms with van der Waals surface area (Å²) in [5, 5.41) is 20.3. The van der Waals surface area contributed by atoms with E-state index in [2.05, 4.69) is 16.0 Å². The first kappa shape index (κ1) is 35.9. The molecular formula is C34H48N4O6S. The third-order valence-corrected chi connectivity index (χ3v) is 9.05. The first-order valence-electron chi connectivity index (χ1n) is 15.2. The summed E-state index contributed by atoms with van der Waals surface area (Å²) in [6.07, 6.45) is -2.36. The van der Waals surface area contributed by atoms with Crippen molar-refractivity contribution in [2.75, 3.05) is 5.88 Å². The van der Waals surface area contributed by atoms with E-state index in [-0.39, 0.29) is 30.7 Å². The fourth-order valence-corrected chi connectivity index (χ4v) is 6.44. The van der Waals surface area contributed by atoms with Gasteiger partial charge in [-0.3, -0.25) is 14.4 Å². The van der Waals surface area contributed by atoms with Gasteiger partial charge >= 0.3 is 6.09 Å². The Morgan fingerprint density at radius 2 is 1.51 bits per heavy atom. The van der Waals surface area contributed by atoms with Crippen LogP contribution < -0.4 is 16.0 Å². The molecule has 4 amide bonds. The maximum atomic E-state index is 14.1. The second-order valence-corrected chi connectivity index (χ2v) is 15.3. The zero-order valence-electron chi connectivity index (χ0n) is 27.5. The van der Waals surface area contributed by atoms with Gasteiger partial charge in [0.15, 0.2) is 6.10 Å². The molecule has 1 aliphatic heterocycles. The van der Waals surface area contributed by atoms with Crippen LogP contribution in [0.25, 0.3) is 0 Å². The molecule has 2 aromatic carbocycles. The number of aliphatic hydroxyl groups excluding tert-OH is 1. The van der Waals surface area contributed by atoms with Gasteiger partial charge in [0.1, 0.15) is 18.7 Å². The minimum atomic E-state index is -1.71. The Hall–Kier alpha value is -3.57. The number of aliphatic hydroxyl groups is 1. The minimum absolute atomic E-state index is 0.0339. The summed E-state index contributed by atoms with van der Waals surface area (Å²) in [6, 6.07) is 16.5. The summed E-state index contributed by atoms with van der Waals surface area (Å²) in [4.78, 5) is 55.4. The predicted molar refractivity (Wildman–Crippen MR) is 176 cm³/mol. The lowest BCUT2D eigenvalue weighted by molar-refractivity contribution is -0.151. The van der Waals surface area contributed by atoms with E-state index < -0.39 is 51.9 Å². The summed E-state index contributed by atoms with van der Waals surface area (Å²) in [5.41, 5.74) is -0.444.